The number of sulfonamides is 1. The largest absolute Gasteiger partial charge is 0.380 e. The van der Waals surface area contributed by atoms with E-state index in [1.807, 2.05) is 0 Å². The molecule has 0 aromatic carbocycles. The fourth-order valence-corrected chi connectivity index (χ4v) is 3.52. The third kappa shape index (κ3) is 6.13. The van der Waals surface area contributed by atoms with Crippen LogP contribution in [-0.4, -0.2) is 57.4 Å². The minimum absolute atomic E-state index is 0.257. The van der Waals surface area contributed by atoms with E-state index in [0.29, 0.717) is 32.3 Å². The fourth-order valence-electron chi connectivity index (χ4n) is 1.93. The van der Waals surface area contributed by atoms with Gasteiger partial charge in [-0.25, -0.2) is 8.42 Å². The van der Waals surface area contributed by atoms with Gasteiger partial charge in [0.1, 0.15) is 0 Å². The lowest BCUT2D eigenvalue weighted by molar-refractivity contribution is 0.148. The average Bonchev–Trinajstić information content (AvgIpc) is 2.56. The lowest BCUT2D eigenvalue weighted by atomic mass is 10.3. The maximum absolute atomic E-state index is 12.1. The SMILES string of the molecule is CC(C)NCCCCS(=O)(=O)N1CCCOCC1. The van der Waals surface area contributed by atoms with Crippen LogP contribution in [0.5, 0.6) is 0 Å². The third-order valence-electron chi connectivity index (χ3n) is 2.96. The molecule has 6 heteroatoms. The molecule has 0 bridgehead atoms. The molecule has 0 spiro atoms. The Bertz CT molecular complexity index is 309. The molecule has 0 unspecified atom stereocenters. The summed E-state index contributed by atoms with van der Waals surface area (Å²) in [6.07, 6.45) is 2.43. The van der Waals surface area contributed by atoms with Gasteiger partial charge >= 0.3 is 0 Å². The summed E-state index contributed by atoms with van der Waals surface area (Å²) < 4.78 is 31.0. The first kappa shape index (κ1) is 15.9. The molecule has 1 rings (SSSR count). The molecule has 18 heavy (non-hydrogen) atoms. The first-order valence-electron chi connectivity index (χ1n) is 6.81. The van der Waals surface area contributed by atoms with Crippen LogP contribution in [0.4, 0.5) is 0 Å². The van der Waals surface area contributed by atoms with Gasteiger partial charge in [0, 0.05) is 25.7 Å². The molecule has 0 atom stereocenters. The van der Waals surface area contributed by atoms with Gasteiger partial charge < -0.3 is 10.1 Å². The number of ether oxygens (including phenoxy) is 1. The highest BCUT2D eigenvalue weighted by Gasteiger charge is 2.22. The second-order valence-corrected chi connectivity index (χ2v) is 7.09. The zero-order chi connectivity index (χ0) is 13.4. The lowest BCUT2D eigenvalue weighted by Crippen LogP contribution is -2.35. The second-order valence-electron chi connectivity index (χ2n) is 5.00. The van der Waals surface area contributed by atoms with E-state index in [2.05, 4.69) is 19.2 Å². The first-order chi connectivity index (χ1) is 8.52. The van der Waals surface area contributed by atoms with Crippen LogP contribution in [0.25, 0.3) is 0 Å². The summed E-state index contributed by atoms with van der Waals surface area (Å²) in [5, 5.41) is 3.29. The maximum atomic E-state index is 12.1. The molecule has 1 aliphatic heterocycles. The van der Waals surface area contributed by atoms with Gasteiger partial charge in [-0.1, -0.05) is 13.8 Å². The second kappa shape index (κ2) is 8.09. The predicted molar refractivity (Wildman–Crippen MR) is 73.2 cm³/mol. The molecule has 1 heterocycles. The summed E-state index contributed by atoms with van der Waals surface area (Å²) in [5.41, 5.74) is 0. The Morgan fingerprint density at radius 3 is 2.72 bits per heavy atom. The molecule has 5 nitrogen and oxygen atoms in total. The van der Waals surface area contributed by atoms with Crippen LogP contribution in [0.1, 0.15) is 33.1 Å². The minimum atomic E-state index is -3.08. The van der Waals surface area contributed by atoms with Crippen molar-refractivity contribution < 1.29 is 13.2 Å². The molecule has 0 aromatic heterocycles. The highest BCUT2D eigenvalue weighted by molar-refractivity contribution is 7.89. The Labute approximate surface area is 111 Å². The average molecular weight is 278 g/mol. The summed E-state index contributed by atoms with van der Waals surface area (Å²) >= 11 is 0. The topological polar surface area (TPSA) is 58.6 Å². The van der Waals surface area contributed by atoms with E-state index in [4.69, 9.17) is 4.74 Å². The van der Waals surface area contributed by atoms with Gasteiger partial charge in [-0.3, -0.25) is 0 Å². The van der Waals surface area contributed by atoms with Crippen molar-refractivity contribution >= 4 is 10.0 Å². The van der Waals surface area contributed by atoms with Crippen LogP contribution in [-0.2, 0) is 14.8 Å². The van der Waals surface area contributed by atoms with E-state index in [1.165, 1.54) is 0 Å². The number of nitrogens with one attached hydrogen (secondary N) is 1. The molecule has 0 amide bonds. The number of hydrogen-bond acceptors (Lipinski definition) is 4. The van der Waals surface area contributed by atoms with Crippen molar-refractivity contribution in [2.75, 3.05) is 38.6 Å². The maximum Gasteiger partial charge on any atom is 0.214 e. The van der Waals surface area contributed by atoms with Crippen LogP contribution < -0.4 is 5.32 Å². The normalized spacial score (nSPS) is 19.1. The quantitative estimate of drug-likeness (QED) is 0.700. The predicted octanol–water partition coefficient (Wildman–Crippen LogP) is 0.817. The molecule has 0 saturated carbocycles. The van der Waals surface area contributed by atoms with Crippen molar-refractivity contribution in [2.45, 2.75) is 39.2 Å². The van der Waals surface area contributed by atoms with E-state index < -0.39 is 10.0 Å². The van der Waals surface area contributed by atoms with Gasteiger partial charge in [0.05, 0.1) is 12.4 Å². The Morgan fingerprint density at radius 1 is 1.22 bits per heavy atom. The molecule has 108 valence electrons. The number of hydrogen-bond donors (Lipinski definition) is 1. The van der Waals surface area contributed by atoms with E-state index in [-0.39, 0.29) is 5.75 Å². The van der Waals surface area contributed by atoms with Gasteiger partial charge in [-0.2, -0.15) is 4.31 Å². The van der Waals surface area contributed by atoms with Crippen molar-refractivity contribution in [3.63, 3.8) is 0 Å². The zero-order valence-corrected chi connectivity index (χ0v) is 12.3. The van der Waals surface area contributed by atoms with Gasteiger partial charge in [-0.05, 0) is 25.8 Å². The molecule has 1 N–H and O–H groups in total. The van der Waals surface area contributed by atoms with E-state index in [0.717, 1.165) is 25.8 Å². The van der Waals surface area contributed by atoms with Crippen molar-refractivity contribution in [1.29, 1.82) is 0 Å². The number of nitrogens with zero attached hydrogens (tertiary/aromatic N) is 1. The Hall–Kier alpha value is -0.170. The lowest BCUT2D eigenvalue weighted by Gasteiger charge is -2.19. The zero-order valence-electron chi connectivity index (χ0n) is 11.5. The van der Waals surface area contributed by atoms with Gasteiger partial charge in [0.25, 0.3) is 0 Å². The highest BCUT2D eigenvalue weighted by atomic mass is 32.2. The standard InChI is InChI=1S/C12H26N2O3S/c1-12(2)13-6-3-4-11-18(15,16)14-7-5-9-17-10-8-14/h12-13H,3-11H2,1-2H3. The molecule has 1 saturated heterocycles. The number of unbranched alkanes of at least 4 members (excludes halogenated alkanes) is 1. The smallest absolute Gasteiger partial charge is 0.214 e. The summed E-state index contributed by atoms with van der Waals surface area (Å²) in [6, 6.07) is 0.462. The van der Waals surface area contributed by atoms with Crippen molar-refractivity contribution in [2.24, 2.45) is 0 Å². The van der Waals surface area contributed by atoms with Crippen LogP contribution in [0, 0.1) is 0 Å². The van der Waals surface area contributed by atoms with Crippen molar-refractivity contribution in [3.05, 3.63) is 0 Å². The molecule has 0 aromatic rings. The van der Waals surface area contributed by atoms with Gasteiger partial charge in [-0.15, -0.1) is 0 Å². The summed E-state index contributed by atoms with van der Waals surface area (Å²) in [7, 11) is -3.08. The number of rotatable bonds is 7. The van der Waals surface area contributed by atoms with Crippen LogP contribution in [0.2, 0.25) is 0 Å². The van der Waals surface area contributed by atoms with Gasteiger partial charge in [0.2, 0.25) is 10.0 Å². The molecule has 0 aliphatic carbocycles. The van der Waals surface area contributed by atoms with E-state index in [9.17, 15) is 8.42 Å². The third-order valence-corrected chi connectivity index (χ3v) is 4.91. The van der Waals surface area contributed by atoms with Gasteiger partial charge in [0.15, 0.2) is 0 Å². The Morgan fingerprint density at radius 2 is 2.00 bits per heavy atom. The Balaban J connectivity index is 2.25. The highest BCUT2D eigenvalue weighted by Crippen LogP contribution is 2.08. The van der Waals surface area contributed by atoms with Crippen molar-refractivity contribution in [3.8, 4) is 0 Å². The molecular formula is C12H26N2O3S. The van der Waals surface area contributed by atoms with Crippen LogP contribution >= 0.6 is 0 Å². The molecule has 0 radical (unpaired) electrons. The van der Waals surface area contributed by atoms with E-state index >= 15 is 0 Å². The van der Waals surface area contributed by atoms with Crippen molar-refractivity contribution in [1.82, 2.24) is 9.62 Å². The molecule has 1 aliphatic rings. The van der Waals surface area contributed by atoms with Crippen LogP contribution in [0.15, 0.2) is 0 Å². The van der Waals surface area contributed by atoms with Crippen LogP contribution in [0.3, 0.4) is 0 Å². The summed E-state index contributed by atoms with van der Waals surface area (Å²) in [4.78, 5) is 0. The minimum Gasteiger partial charge on any atom is -0.380 e. The van der Waals surface area contributed by atoms with E-state index in [1.54, 1.807) is 4.31 Å². The molecular weight excluding hydrogens is 252 g/mol. The first-order valence-corrected chi connectivity index (χ1v) is 8.42. The Kier molecular flexibility index (Phi) is 7.14. The molecule has 1 fully saturated rings. The summed E-state index contributed by atoms with van der Waals surface area (Å²) in [5.74, 6) is 0.257. The monoisotopic (exact) mass is 278 g/mol. The summed E-state index contributed by atoms with van der Waals surface area (Å²) in [6.45, 7) is 7.37. The fraction of sp³-hybridized carbons (Fsp3) is 1.00.